The maximum atomic E-state index is 12.8. The van der Waals surface area contributed by atoms with E-state index in [1.807, 2.05) is 60.2 Å². The van der Waals surface area contributed by atoms with E-state index in [4.69, 9.17) is 4.74 Å². The Labute approximate surface area is 197 Å². The Kier molecular flexibility index (Phi) is 5.63. The van der Waals surface area contributed by atoms with Crippen molar-refractivity contribution in [3.8, 4) is 17.1 Å². The van der Waals surface area contributed by atoms with Gasteiger partial charge in [0.1, 0.15) is 5.75 Å². The van der Waals surface area contributed by atoms with Crippen LogP contribution in [0.4, 0.5) is 5.82 Å². The molecule has 0 aliphatic carbocycles. The van der Waals surface area contributed by atoms with E-state index in [2.05, 4.69) is 20.8 Å². The second-order valence-corrected chi connectivity index (χ2v) is 8.30. The first kappa shape index (κ1) is 21.5. The SMILES string of the molecule is COc1ccccc1CNC(=O)c1cc2n(c1)CCc1c(NC(=O)c3ccc(C)cc3)n[nH]c1-2. The summed E-state index contributed by atoms with van der Waals surface area (Å²) in [6, 6.07) is 16.8. The van der Waals surface area contributed by atoms with Gasteiger partial charge in [-0.2, -0.15) is 5.10 Å². The van der Waals surface area contributed by atoms with Crippen molar-refractivity contribution in [2.24, 2.45) is 0 Å². The van der Waals surface area contributed by atoms with Crippen molar-refractivity contribution in [2.75, 3.05) is 12.4 Å². The predicted molar refractivity (Wildman–Crippen MR) is 129 cm³/mol. The number of carbonyl (C=O) groups is 2. The molecule has 172 valence electrons. The molecule has 2 aromatic heterocycles. The number of benzene rings is 2. The molecule has 1 aliphatic rings. The number of methoxy groups -OCH3 is 1. The van der Waals surface area contributed by atoms with Gasteiger partial charge in [-0.25, -0.2) is 0 Å². The summed E-state index contributed by atoms with van der Waals surface area (Å²) < 4.78 is 7.39. The summed E-state index contributed by atoms with van der Waals surface area (Å²) >= 11 is 0. The van der Waals surface area contributed by atoms with E-state index in [-0.39, 0.29) is 11.8 Å². The predicted octanol–water partition coefficient (Wildman–Crippen LogP) is 3.93. The number of para-hydroxylation sites is 1. The number of amides is 2. The zero-order valence-corrected chi connectivity index (χ0v) is 19.0. The van der Waals surface area contributed by atoms with Crippen LogP contribution in [0.1, 0.15) is 37.4 Å². The monoisotopic (exact) mass is 455 g/mol. The molecular weight excluding hydrogens is 430 g/mol. The van der Waals surface area contributed by atoms with Gasteiger partial charge in [0, 0.05) is 36.0 Å². The minimum Gasteiger partial charge on any atom is -0.496 e. The fourth-order valence-electron chi connectivity index (χ4n) is 4.20. The Morgan fingerprint density at radius 3 is 2.68 bits per heavy atom. The molecule has 2 aromatic carbocycles. The number of rotatable bonds is 6. The molecule has 34 heavy (non-hydrogen) atoms. The van der Waals surface area contributed by atoms with Gasteiger partial charge in [-0.1, -0.05) is 35.9 Å². The Morgan fingerprint density at radius 1 is 1.09 bits per heavy atom. The number of carbonyl (C=O) groups excluding carboxylic acids is 2. The number of H-pyrrole nitrogens is 1. The van der Waals surface area contributed by atoms with E-state index < -0.39 is 0 Å². The van der Waals surface area contributed by atoms with E-state index in [0.29, 0.717) is 36.5 Å². The van der Waals surface area contributed by atoms with Gasteiger partial charge >= 0.3 is 0 Å². The van der Waals surface area contributed by atoms with Crippen LogP contribution < -0.4 is 15.4 Å². The van der Waals surface area contributed by atoms with Gasteiger partial charge in [0.05, 0.1) is 24.1 Å². The standard InChI is InChI=1S/C26H25N5O3/c1-16-7-9-17(10-8-16)26(33)28-24-20-11-12-31-15-19(13-21(31)23(20)29-30-24)25(32)27-14-18-5-3-4-6-22(18)34-2/h3-10,13,15H,11-12,14H2,1-2H3,(H,27,32)(H2,28,29,30,33). The number of aromatic amines is 1. The van der Waals surface area contributed by atoms with Crippen molar-refractivity contribution in [3.63, 3.8) is 0 Å². The first-order valence-corrected chi connectivity index (χ1v) is 11.1. The highest BCUT2D eigenvalue weighted by molar-refractivity contribution is 6.04. The topological polar surface area (TPSA) is 101 Å². The number of fused-ring (bicyclic) bond motifs is 3. The van der Waals surface area contributed by atoms with Crippen LogP contribution in [0.5, 0.6) is 5.75 Å². The average Bonchev–Trinajstić information content (AvgIpc) is 3.47. The number of ether oxygens (including phenoxy) is 1. The Balaban J connectivity index is 1.32. The molecule has 0 atom stereocenters. The maximum Gasteiger partial charge on any atom is 0.256 e. The molecule has 0 bridgehead atoms. The number of aromatic nitrogens is 3. The molecular formula is C26H25N5O3. The summed E-state index contributed by atoms with van der Waals surface area (Å²) in [6.07, 6.45) is 2.54. The van der Waals surface area contributed by atoms with Crippen LogP contribution in [0, 0.1) is 6.92 Å². The molecule has 0 saturated carbocycles. The normalized spacial score (nSPS) is 11.9. The van der Waals surface area contributed by atoms with Crippen molar-refractivity contribution in [2.45, 2.75) is 26.4 Å². The van der Waals surface area contributed by atoms with Crippen LogP contribution in [0.15, 0.2) is 60.8 Å². The average molecular weight is 456 g/mol. The van der Waals surface area contributed by atoms with Gasteiger partial charge < -0.3 is 19.9 Å². The lowest BCUT2D eigenvalue weighted by Gasteiger charge is -2.16. The van der Waals surface area contributed by atoms with Gasteiger partial charge in [-0.3, -0.25) is 14.7 Å². The van der Waals surface area contributed by atoms with E-state index in [1.54, 1.807) is 19.2 Å². The van der Waals surface area contributed by atoms with Crippen LogP contribution >= 0.6 is 0 Å². The van der Waals surface area contributed by atoms with E-state index in [9.17, 15) is 9.59 Å². The fourth-order valence-corrected chi connectivity index (χ4v) is 4.20. The molecule has 3 heterocycles. The third-order valence-electron chi connectivity index (χ3n) is 6.06. The molecule has 0 radical (unpaired) electrons. The van der Waals surface area contributed by atoms with Crippen LogP contribution in [-0.4, -0.2) is 33.7 Å². The number of nitrogens with zero attached hydrogens (tertiary/aromatic N) is 2. The van der Waals surface area contributed by atoms with E-state index in [0.717, 1.165) is 33.8 Å². The van der Waals surface area contributed by atoms with Gasteiger partial charge in [0.2, 0.25) is 0 Å². The van der Waals surface area contributed by atoms with Gasteiger partial charge in [0.15, 0.2) is 5.82 Å². The fraction of sp³-hybridized carbons (Fsp3) is 0.192. The third kappa shape index (κ3) is 4.05. The molecule has 0 spiro atoms. The molecule has 0 unspecified atom stereocenters. The van der Waals surface area contributed by atoms with Crippen molar-refractivity contribution >= 4 is 17.6 Å². The van der Waals surface area contributed by atoms with Crippen LogP contribution in [-0.2, 0) is 19.5 Å². The Bertz CT molecular complexity index is 1370. The summed E-state index contributed by atoms with van der Waals surface area (Å²) in [5, 5.41) is 13.3. The van der Waals surface area contributed by atoms with Crippen molar-refractivity contribution in [1.29, 1.82) is 0 Å². The third-order valence-corrected chi connectivity index (χ3v) is 6.06. The number of nitrogens with one attached hydrogen (secondary N) is 3. The minimum absolute atomic E-state index is 0.165. The second-order valence-electron chi connectivity index (χ2n) is 8.30. The first-order valence-electron chi connectivity index (χ1n) is 11.1. The largest absolute Gasteiger partial charge is 0.496 e. The van der Waals surface area contributed by atoms with Gasteiger partial charge in [-0.15, -0.1) is 0 Å². The highest BCUT2D eigenvalue weighted by atomic mass is 16.5. The second kappa shape index (κ2) is 8.90. The summed E-state index contributed by atoms with van der Waals surface area (Å²) in [7, 11) is 1.61. The number of anilines is 1. The number of hydrogen-bond donors (Lipinski definition) is 3. The van der Waals surface area contributed by atoms with Crippen LogP contribution in [0.3, 0.4) is 0 Å². The lowest BCUT2D eigenvalue weighted by molar-refractivity contribution is 0.0949. The smallest absolute Gasteiger partial charge is 0.256 e. The molecule has 3 N–H and O–H groups in total. The molecule has 5 rings (SSSR count). The highest BCUT2D eigenvalue weighted by Crippen LogP contribution is 2.33. The number of hydrogen-bond acceptors (Lipinski definition) is 4. The van der Waals surface area contributed by atoms with Gasteiger partial charge in [0.25, 0.3) is 11.8 Å². The Hall–Kier alpha value is -4.33. The van der Waals surface area contributed by atoms with Crippen LogP contribution in [0.2, 0.25) is 0 Å². The van der Waals surface area contributed by atoms with Gasteiger partial charge in [-0.05, 0) is 37.6 Å². The first-order chi connectivity index (χ1) is 16.5. The van der Waals surface area contributed by atoms with Crippen LogP contribution in [0.25, 0.3) is 11.4 Å². The van der Waals surface area contributed by atoms with E-state index in [1.165, 1.54) is 0 Å². The zero-order chi connectivity index (χ0) is 23.7. The summed E-state index contributed by atoms with van der Waals surface area (Å²) in [5.74, 6) is 0.893. The molecule has 8 heteroatoms. The maximum absolute atomic E-state index is 12.8. The lowest BCUT2D eigenvalue weighted by atomic mass is 10.1. The Morgan fingerprint density at radius 2 is 1.88 bits per heavy atom. The molecule has 0 saturated heterocycles. The lowest BCUT2D eigenvalue weighted by Crippen LogP contribution is -2.22. The molecule has 1 aliphatic heterocycles. The van der Waals surface area contributed by atoms with E-state index >= 15 is 0 Å². The number of aryl methyl sites for hydroxylation is 2. The van der Waals surface area contributed by atoms with Crippen molar-refractivity contribution in [3.05, 3.63) is 88.6 Å². The molecule has 0 fully saturated rings. The molecule has 2 amide bonds. The minimum atomic E-state index is -0.202. The molecule has 8 nitrogen and oxygen atoms in total. The van der Waals surface area contributed by atoms with Crippen molar-refractivity contribution < 1.29 is 14.3 Å². The highest BCUT2D eigenvalue weighted by Gasteiger charge is 2.25. The molecule has 4 aromatic rings. The van der Waals surface area contributed by atoms with Crippen molar-refractivity contribution in [1.82, 2.24) is 20.1 Å². The zero-order valence-electron chi connectivity index (χ0n) is 19.0. The summed E-state index contributed by atoms with van der Waals surface area (Å²) in [6.45, 7) is 3.04. The summed E-state index contributed by atoms with van der Waals surface area (Å²) in [4.78, 5) is 25.5. The summed E-state index contributed by atoms with van der Waals surface area (Å²) in [5.41, 5.74) is 5.77. The quantitative estimate of drug-likeness (QED) is 0.410.